The number of nitrogens with zero attached hydrogens (tertiary/aromatic N) is 4. The molecular formula is C17H22F2N6O. The minimum absolute atomic E-state index is 0.0372. The zero-order valence-electron chi connectivity index (χ0n) is 14.4. The monoisotopic (exact) mass is 364 g/mol. The smallest absolute Gasteiger partial charge is 0.276 e. The van der Waals surface area contributed by atoms with E-state index in [0.29, 0.717) is 37.6 Å². The van der Waals surface area contributed by atoms with Gasteiger partial charge < -0.3 is 16.0 Å². The van der Waals surface area contributed by atoms with Crippen molar-refractivity contribution in [2.24, 2.45) is 5.73 Å². The fraction of sp³-hybridized carbons (Fsp3) is 0.471. The Labute approximate surface area is 150 Å². The largest absolute Gasteiger partial charge is 0.380 e. The number of amides is 1. The molecule has 0 bridgehead atoms. The first-order chi connectivity index (χ1) is 12.6. The molecule has 1 amide bonds. The summed E-state index contributed by atoms with van der Waals surface area (Å²) in [6, 6.07) is 3.66. The molecule has 1 aliphatic rings. The molecule has 2 heterocycles. The van der Waals surface area contributed by atoms with Gasteiger partial charge in [-0.2, -0.15) is 0 Å². The van der Waals surface area contributed by atoms with Crippen molar-refractivity contribution in [1.29, 1.82) is 0 Å². The molecule has 1 atom stereocenters. The summed E-state index contributed by atoms with van der Waals surface area (Å²) in [6.07, 6.45) is 4.05. The van der Waals surface area contributed by atoms with E-state index in [1.807, 2.05) is 0 Å². The number of anilines is 1. The van der Waals surface area contributed by atoms with Gasteiger partial charge in [-0.15, -0.1) is 5.10 Å². The first-order valence-electron chi connectivity index (χ1n) is 8.68. The van der Waals surface area contributed by atoms with Crippen molar-refractivity contribution in [1.82, 2.24) is 19.9 Å². The number of aryl methyl sites for hydroxylation is 1. The zero-order valence-corrected chi connectivity index (χ0v) is 14.4. The quantitative estimate of drug-likeness (QED) is 0.813. The lowest BCUT2D eigenvalue weighted by molar-refractivity contribution is 0.0708. The van der Waals surface area contributed by atoms with Crippen LogP contribution in [0, 0.1) is 11.6 Å². The second kappa shape index (κ2) is 8.22. The third-order valence-electron chi connectivity index (χ3n) is 4.35. The first-order valence-corrected chi connectivity index (χ1v) is 8.68. The number of rotatable bonds is 6. The molecule has 1 aromatic carbocycles. The SMILES string of the molecule is NCCCn1cc(C(=O)N2CCC[C@H](Nc3ccc(F)c(F)c3)C2)nn1. The molecule has 1 saturated heterocycles. The zero-order chi connectivity index (χ0) is 18.5. The number of piperidine rings is 1. The number of nitrogens with one attached hydrogen (secondary N) is 1. The van der Waals surface area contributed by atoms with Gasteiger partial charge in [-0.25, -0.2) is 8.78 Å². The fourth-order valence-corrected chi connectivity index (χ4v) is 3.02. The number of carbonyl (C=O) groups is 1. The Morgan fingerprint density at radius 1 is 1.35 bits per heavy atom. The third-order valence-corrected chi connectivity index (χ3v) is 4.35. The van der Waals surface area contributed by atoms with Crippen LogP contribution < -0.4 is 11.1 Å². The number of hydrogen-bond donors (Lipinski definition) is 2. The van der Waals surface area contributed by atoms with Crippen LogP contribution in [0.2, 0.25) is 0 Å². The van der Waals surface area contributed by atoms with E-state index in [-0.39, 0.29) is 11.9 Å². The third kappa shape index (κ3) is 4.34. The lowest BCUT2D eigenvalue weighted by atomic mass is 10.0. The number of benzene rings is 1. The van der Waals surface area contributed by atoms with Gasteiger partial charge >= 0.3 is 0 Å². The van der Waals surface area contributed by atoms with E-state index in [2.05, 4.69) is 15.6 Å². The highest BCUT2D eigenvalue weighted by Crippen LogP contribution is 2.19. The predicted octanol–water partition coefficient (Wildman–Crippen LogP) is 1.62. The molecule has 140 valence electrons. The molecule has 7 nitrogen and oxygen atoms in total. The summed E-state index contributed by atoms with van der Waals surface area (Å²) in [5, 5.41) is 11.1. The maximum atomic E-state index is 13.3. The Morgan fingerprint density at radius 3 is 2.96 bits per heavy atom. The van der Waals surface area contributed by atoms with Gasteiger partial charge in [-0.1, -0.05) is 5.21 Å². The molecule has 1 fully saturated rings. The van der Waals surface area contributed by atoms with E-state index in [4.69, 9.17) is 5.73 Å². The standard InChI is InChI=1S/C17H22F2N6O/c18-14-5-4-12(9-15(14)19)21-13-3-1-7-24(10-13)17(26)16-11-25(23-22-16)8-2-6-20/h4-5,9,11,13,21H,1-3,6-8,10,20H2/t13-/m0/s1. The molecule has 9 heteroatoms. The summed E-state index contributed by atoms with van der Waals surface area (Å²) in [4.78, 5) is 14.3. The molecule has 3 rings (SSSR count). The summed E-state index contributed by atoms with van der Waals surface area (Å²) in [7, 11) is 0. The van der Waals surface area contributed by atoms with Crippen molar-refractivity contribution in [3.05, 3.63) is 41.7 Å². The van der Waals surface area contributed by atoms with Crippen molar-refractivity contribution < 1.29 is 13.6 Å². The van der Waals surface area contributed by atoms with Crippen molar-refractivity contribution in [3.63, 3.8) is 0 Å². The summed E-state index contributed by atoms with van der Waals surface area (Å²) in [5.74, 6) is -1.96. The number of likely N-dealkylation sites (tertiary alicyclic amines) is 1. The van der Waals surface area contributed by atoms with Gasteiger partial charge in [0.25, 0.3) is 5.91 Å². The molecule has 1 aliphatic heterocycles. The Kier molecular flexibility index (Phi) is 5.77. The van der Waals surface area contributed by atoms with Crippen LogP contribution in [0.3, 0.4) is 0 Å². The van der Waals surface area contributed by atoms with Gasteiger partial charge in [0.15, 0.2) is 17.3 Å². The average Bonchev–Trinajstić information content (AvgIpc) is 3.11. The summed E-state index contributed by atoms with van der Waals surface area (Å²) in [5.41, 5.74) is 6.27. The van der Waals surface area contributed by atoms with E-state index < -0.39 is 11.6 Å². The van der Waals surface area contributed by atoms with Gasteiger partial charge in [0.05, 0.1) is 6.20 Å². The number of nitrogens with two attached hydrogens (primary N) is 1. The van der Waals surface area contributed by atoms with Gasteiger partial charge in [0.1, 0.15) is 0 Å². The first kappa shape index (κ1) is 18.2. The Bertz CT molecular complexity index is 765. The van der Waals surface area contributed by atoms with Crippen molar-refractivity contribution in [3.8, 4) is 0 Å². The highest BCUT2D eigenvalue weighted by atomic mass is 19.2. The highest BCUT2D eigenvalue weighted by Gasteiger charge is 2.26. The summed E-state index contributed by atoms with van der Waals surface area (Å²) >= 11 is 0. The average molecular weight is 364 g/mol. The van der Waals surface area contributed by atoms with Gasteiger partial charge in [-0.05, 0) is 37.9 Å². The number of carbonyl (C=O) groups excluding carboxylic acids is 1. The van der Waals surface area contributed by atoms with E-state index in [1.165, 1.54) is 6.07 Å². The van der Waals surface area contributed by atoms with Crippen LogP contribution >= 0.6 is 0 Å². The van der Waals surface area contributed by atoms with Crippen molar-refractivity contribution in [2.75, 3.05) is 25.0 Å². The second-order valence-electron chi connectivity index (χ2n) is 6.37. The Morgan fingerprint density at radius 2 is 2.19 bits per heavy atom. The van der Waals surface area contributed by atoms with E-state index in [1.54, 1.807) is 15.8 Å². The summed E-state index contributed by atoms with van der Waals surface area (Å²) in [6.45, 7) is 2.27. The van der Waals surface area contributed by atoms with E-state index >= 15 is 0 Å². The van der Waals surface area contributed by atoms with Crippen LogP contribution in [0.15, 0.2) is 24.4 Å². The predicted molar refractivity (Wildman–Crippen MR) is 92.6 cm³/mol. The van der Waals surface area contributed by atoms with Crippen LogP contribution in [0.1, 0.15) is 29.8 Å². The van der Waals surface area contributed by atoms with Crippen molar-refractivity contribution >= 4 is 11.6 Å². The van der Waals surface area contributed by atoms with E-state index in [9.17, 15) is 13.6 Å². The Hall–Kier alpha value is -2.55. The minimum atomic E-state index is -0.896. The second-order valence-corrected chi connectivity index (χ2v) is 6.37. The van der Waals surface area contributed by atoms with Gasteiger partial charge in [-0.3, -0.25) is 9.48 Å². The van der Waals surface area contributed by atoms with Crippen LogP contribution in [-0.4, -0.2) is 51.5 Å². The van der Waals surface area contributed by atoms with Crippen LogP contribution in [0.4, 0.5) is 14.5 Å². The number of halogens is 2. The molecule has 0 spiro atoms. The molecule has 0 unspecified atom stereocenters. The fourth-order valence-electron chi connectivity index (χ4n) is 3.02. The molecule has 0 aliphatic carbocycles. The van der Waals surface area contributed by atoms with Crippen LogP contribution in [0.25, 0.3) is 0 Å². The minimum Gasteiger partial charge on any atom is -0.380 e. The molecule has 1 aromatic heterocycles. The normalized spacial score (nSPS) is 17.3. The summed E-state index contributed by atoms with van der Waals surface area (Å²) < 4.78 is 28.0. The lowest BCUT2D eigenvalue weighted by Gasteiger charge is -2.33. The maximum absolute atomic E-state index is 13.3. The molecule has 0 saturated carbocycles. The Balaban J connectivity index is 1.61. The molecule has 0 radical (unpaired) electrons. The van der Waals surface area contributed by atoms with Crippen LogP contribution in [-0.2, 0) is 6.54 Å². The molecule has 26 heavy (non-hydrogen) atoms. The number of hydrogen-bond acceptors (Lipinski definition) is 5. The van der Waals surface area contributed by atoms with Gasteiger partial charge in [0.2, 0.25) is 0 Å². The molecule has 3 N–H and O–H groups in total. The molecular weight excluding hydrogens is 342 g/mol. The van der Waals surface area contributed by atoms with Crippen molar-refractivity contribution in [2.45, 2.75) is 31.8 Å². The van der Waals surface area contributed by atoms with E-state index in [0.717, 1.165) is 31.4 Å². The highest BCUT2D eigenvalue weighted by molar-refractivity contribution is 5.92. The lowest BCUT2D eigenvalue weighted by Crippen LogP contribution is -2.45. The number of aromatic nitrogens is 3. The molecule has 2 aromatic rings. The topological polar surface area (TPSA) is 89.1 Å². The maximum Gasteiger partial charge on any atom is 0.276 e. The van der Waals surface area contributed by atoms with Crippen LogP contribution in [0.5, 0.6) is 0 Å². The van der Waals surface area contributed by atoms with Gasteiger partial charge in [0, 0.05) is 37.4 Å².